The number of methoxy groups -OCH3 is 1. The molecule has 3 aliphatic rings. The third kappa shape index (κ3) is 3.74. The standard InChI is InChI=1S/C34H25N3O6/c1-43-24-16-13-21(14-17-24)31(38)29-30(32(39)22-8-6-9-23(19-22)37(41)42)36-27-12-5-2-7-20(27)15-18-28(36)34(29)25-10-3-4-11-26(25)35-33(34)40/h2-19,28-30H,1H3,(H,35,40)/t28-,29-,30+,34+/m0/s1. The van der Waals surface area contributed by atoms with Crippen molar-refractivity contribution in [3.05, 3.63) is 136 Å². The van der Waals surface area contributed by atoms with Crippen LogP contribution in [0.5, 0.6) is 5.75 Å². The number of Topliss-reactive ketones (excluding diaryl/α,β-unsaturated/α-hetero) is 2. The van der Waals surface area contributed by atoms with Crippen LogP contribution in [0, 0.1) is 16.0 Å². The molecule has 0 radical (unpaired) electrons. The maximum Gasteiger partial charge on any atom is 0.270 e. The molecule has 0 aliphatic carbocycles. The summed E-state index contributed by atoms with van der Waals surface area (Å²) >= 11 is 0. The molecule has 43 heavy (non-hydrogen) atoms. The van der Waals surface area contributed by atoms with Crippen molar-refractivity contribution in [2.75, 3.05) is 17.3 Å². The van der Waals surface area contributed by atoms with E-state index in [0.29, 0.717) is 28.3 Å². The topological polar surface area (TPSA) is 119 Å². The number of ketones is 2. The van der Waals surface area contributed by atoms with Crippen molar-refractivity contribution in [2.24, 2.45) is 5.92 Å². The van der Waals surface area contributed by atoms with Crippen LogP contribution >= 0.6 is 0 Å². The first-order chi connectivity index (χ1) is 20.9. The van der Waals surface area contributed by atoms with E-state index in [1.54, 1.807) is 30.3 Å². The van der Waals surface area contributed by atoms with E-state index >= 15 is 0 Å². The van der Waals surface area contributed by atoms with Gasteiger partial charge in [-0.15, -0.1) is 0 Å². The van der Waals surface area contributed by atoms with E-state index in [2.05, 4.69) is 5.32 Å². The van der Waals surface area contributed by atoms with Gasteiger partial charge in [-0.1, -0.05) is 60.7 Å². The summed E-state index contributed by atoms with van der Waals surface area (Å²) in [4.78, 5) is 56.8. The largest absolute Gasteiger partial charge is 0.497 e. The molecule has 4 aromatic carbocycles. The highest BCUT2D eigenvalue weighted by Gasteiger charge is 2.70. The van der Waals surface area contributed by atoms with Gasteiger partial charge in [-0.3, -0.25) is 24.5 Å². The number of nitrogens with zero attached hydrogens (tertiary/aromatic N) is 2. The fraction of sp³-hybridized carbons (Fsp3) is 0.147. The van der Waals surface area contributed by atoms with E-state index in [-0.39, 0.29) is 17.2 Å². The minimum absolute atomic E-state index is 0.0845. The molecule has 212 valence electrons. The summed E-state index contributed by atoms with van der Waals surface area (Å²) in [6, 6.07) is 25.0. The van der Waals surface area contributed by atoms with Gasteiger partial charge in [0.05, 0.1) is 24.0 Å². The van der Waals surface area contributed by atoms with Gasteiger partial charge in [0.15, 0.2) is 11.6 Å². The Morgan fingerprint density at radius 3 is 2.42 bits per heavy atom. The summed E-state index contributed by atoms with van der Waals surface area (Å²) in [6.45, 7) is 0. The molecule has 9 nitrogen and oxygen atoms in total. The molecule has 4 aromatic rings. The Labute approximate surface area is 246 Å². The number of fused-ring (bicyclic) bond motifs is 6. The van der Waals surface area contributed by atoms with Crippen molar-refractivity contribution in [3.8, 4) is 5.75 Å². The number of non-ortho nitro benzene ring substituents is 1. The van der Waals surface area contributed by atoms with Crippen molar-refractivity contribution < 1.29 is 24.0 Å². The van der Waals surface area contributed by atoms with Gasteiger partial charge < -0.3 is 15.0 Å². The Morgan fingerprint density at radius 2 is 1.65 bits per heavy atom. The van der Waals surface area contributed by atoms with Crippen LogP contribution in [-0.4, -0.2) is 41.6 Å². The molecule has 0 aromatic heterocycles. The third-order valence-corrected chi connectivity index (χ3v) is 8.81. The number of anilines is 2. The Balaban J connectivity index is 1.52. The number of para-hydroxylation sites is 2. The monoisotopic (exact) mass is 571 g/mol. The number of amides is 1. The number of nitro benzene ring substituents is 1. The van der Waals surface area contributed by atoms with Crippen LogP contribution in [0.4, 0.5) is 17.1 Å². The van der Waals surface area contributed by atoms with E-state index in [0.717, 1.165) is 5.56 Å². The zero-order valence-corrected chi connectivity index (χ0v) is 23.0. The normalized spacial score (nSPS) is 22.9. The Morgan fingerprint density at radius 1 is 0.907 bits per heavy atom. The van der Waals surface area contributed by atoms with Crippen LogP contribution in [0.15, 0.2) is 103 Å². The maximum atomic E-state index is 14.8. The summed E-state index contributed by atoms with van der Waals surface area (Å²) in [6.07, 6.45) is 3.81. The number of hydrogen-bond acceptors (Lipinski definition) is 7. The number of carbonyl (C=O) groups is 3. The smallest absolute Gasteiger partial charge is 0.270 e. The molecule has 1 spiro atoms. The second-order valence-electron chi connectivity index (χ2n) is 10.8. The van der Waals surface area contributed by atoms with Crippen molar-refractivity contribution in [1.29, 1.82) is 0 Å². The Kier molecular flexibility index (Phi) is 5.98. The van der Waals surface area contributed by atoms with E-state index in [9.17, 15) is 24.5 Å². The number of nitrogens with one attached hydrogen (secondary N) is 1. The number of ether oxygens (including phenoxy) is 1. The second-order valence-corrected chi connectivity index (χ2v) is 10.8. The first kappa shape index (κ1) is 26.3. The molecule has 1 amide bonds. The highest BCUT2D eigenvalue weighted by atomic mass is 16.6. The molecular weight excluding hydrogens is 546 g/mol. The predicted molar refractivity (Wildman–Crippen MR) is 161 cm³/mol. The zero-order valence-electron chi connectivity index (χ0n) is 23.0. The van der Waals surface area contributed by atoms with Gasteiger partial charge >= 0.3 is 0 Å². The van der Waals surface area contributed by atoms with Gasteiger partial charge in [-0.25, -0.2) is 0 Å². The number of rotatable bonds is 6. The molecular formula is C34H25N3O6. The van der Waals surface area contributed by atoms with Crippen LogP contribution in [0.25, 0.3) is 6.08 Å². The summed E-state index contributed by atoms with van der Waals surface area (Å²) in [5, 5.41) is 14.6. The molecule has 7 rings (SSSR count). The van der Waals surface area contributed by atoms with E-state index in [4.69, 9.17) is 4.74 Å². The highest BCUT2D eigenvalue weighted by molar-refractivity contribution is 6.18. The molecule has 3 aliphatic heterocycles. The number of carbonyl (C=O) groups excluding carboxylic acids is 3. The molecule has 4 atom stereocenters. The van der Waals surface area contributed by atoms with E-state index < -0.39 is 39.9 Å². The molecule has 0 saturated carbocycles. The summed E-state index contributed by atoms with van der Waals surface area (Å²) in [5.74, 6) is -1.88. The van der Waals surface area contributed by atoms with Crippen LogP contribution in [-0.2, 0) is 10.2 Å². The van der Waals surface area contributed by atoms with Gasteiger partial charge in [0.25, 0.3) is 5.69 Å². The number of hydrogen-bond donors (Lipinski definition) is 1. The van der Waals surface area contributed by atoms with Crippen LogP contribution in [0.2, 0.25) is 0 Å². The lowest BCUT2D eigenvalue weighted by atomic mass is 9.64. The number of benzene rings is 4. The predicted octanol–water partition coefficient (Wildman–Crippen LogP) is 5.46. The molecule has 0 unspecified atom stereocenters. The highest BCUT2D eigenvalue weighted by Crippen LogP contribution is 2.58. The van der Waals surface area contributed by atoms with E-state index in [1.165, 1.54) is 31.4 Å². The minimum Gasteiger partial charge on any atom is -0.497 e. The van der Waals surface area contributed by atoms with Gasteiger partial charge in [0.2, 0.25) is 5.91 Å². The lowest BCUT2D eigenvalue weighted by Gasteiger charge is -2.37. The van der Waals surface area contributed by atoms with Crippen LogP contribution in [0.3, 0.4) is 0 Å². The molecule has 1 fully saturated rings. The van der Waals surface area contributed by atoms with Crippen molar-refractivity contribution in [2.45, 2.75) is 17.5 Å². The summed E-state index contributed by atoms with van der Waals surface area (Å²) in [5.41, 5.74) is 1.42. The quantitative estimate of drug-likeness (QED) is 0.185. The molecule has 1 saturated heterocycles. The maximum absolute atomic E-state index is 14.8. The minimum atomic E-state index is -1.47. The molecule has 3 heterocycles. The zero-order chi connectivity index (χ0) is 29.9. The molecule has 9 heteroatoms. The first-order valence-electron chi connectivity index (χ1n) is 13.8. The van der Waals surface area contributed by atoms with Crippen molar-refractivity contribution >= 4 is 40.6 Å². The first-order valence-corrected chi connectivity index (χ1v) is 13.8. The van der Waals surface area contributed by atoms with Crippen molar-refractivity contribution in [1.82, 2.24) is 0 Å². The van der Waals surface area contributed by atoms with Gasteiger partial charge in [0, 0.05) is 34.6 Å². The van der Waals surface area contributed by atoms with E-state index in [1.807, 2.05) is 59.5 Å². The SMILES string of the molecule is COc1ccc(C(=O)[C@@H]2[C@H](C(=O)c3cccc([N+](=O)[O-])c3)N3c4ccccc4C=C[C@H]3[C@@]23C(=O)Nc2ccccc23)cc1. The summed E-state index contributed by atoms with van der Waals surface area (Å²) < 4.78 is 5.29. The van der Waals surface area contributed by atoms with Crippen molar-refractivity contribution in [3.63, 3.8) is 0 Å². The summed E-state index contributed by atoms with van der Waals surface area (Å²) in [7, 11) is 1.53. The fourth-order valence-corrected chi connectivity index (χ4v) is 7.00. The third-order valence-electron chi connectivity index (χ3n) is 8.81. The fourth-order valence-electron chi connectivity index (χ4n) is 7.00. The van der Waals surface area contributed by atoms with Gasteiger partial charge in [0.1, 0.15) is 17.2 Å². The van der Waals surface area contributed by atoms with Crippen LogP contribution < -0.4 is 15.0 Å². The lowest BCUT2D eigenvalue weighted by molar-refractivity contribution is -0.384. The molecule has 1 N–H and O–H groups in total. The average molecular weight is 572 g/mol. The number of nitro groups is 1. The molecule has 0 bridgehead atoms. The average Bonchev–Trinajstić information content (AvgIpc) is 3.52. The van der Waals surface area contributed by atoms with Gasteiger partial charge in [-0.05, 0) is 47.5 Å². The second kappa shape index (κ2) is 9.77. The lowest BCUT2D eigenvalue weighted by Crippen LogP contribution is -2.51. The van der Waals surface area contributed by atoms with Gasteiger partial charge in [-0.2, -0.15) is 0 Å². The Hall–Kier alpha value is -5.57. The van der Waals surface area contributed by atoms with Crippen LogP contribution in [0.1, 0.15) is 31.8 Å². The Bertz CT molecular complexity index is 1870.